The molecule has 16 heavy (non-hydrogen) atoms. The minimum Gasteiger partial charge on any atom is -0.481 e. The summed E-state index contributed by atoms with van der Waals surface area (Å²) in [5.41, 5.74) is 0. The van der Waals surface area contributed by atoms with Crippen molar-refractivity contribution in [2.24, 2.45) is 0 Å². The van der Waals surface area contributed by atoms with E-state index in [-0.39, 0.29) is 6.42 Å². The second-order valence-electron chi connectivity index (χ2n) is 2.89. The number of allylic oxidation sites excluding steroid dienone is 4. The first-order valence-corrected chi connectivity index (χ1v) is 5.08. The number of carbonyl (C=O) groups is 2. The first-order valence-electron chi connectivity index (χ1n) is 5.08. The molecular formula is C13H18O3. The molecule has 0 fully saturated rings. The normalized spacial score (nSPS) is 11.4. The van der Waals surface area contributed by atoms with Crippen LogP contribution in [0.1, 0.15) is 32.1 Å². The van der Waals surface area contributed by atoms with E-state index in [1.165, 1.54) is 12.8 Å². The van der Waals surface area contributed by atoms with E-state index in [2.05, 4.69) is 37.2 Å². The summed E-state index contributed by atoms with van der Waals surface area (Å²) in [6.45, 7) is 0. The fourth-order valence-corrected chi connectivity index (χ4v) is 0.879. The number of terminal acetylenes is 1. The van der Waals surface area contributed by atoms with Gasteiger partial charge in [0.2, 0.25) is 0 Å². The monoisotopic (exact) mass is 222 g/mol. The molecular weight excluding hydrogens is 204 g/mol. The Balaban J connectivity index is 0. The summed E-state index contributed by atoms with van der Waals surface area (Å²) in [6, 6.07) is 0. The van der Waals surface area contributed by atoms with E-state index >= 15 is 0 Å². The maximum absolute atomic E-state index is 9.76. The van der Waals surface area contributed by atoms with Crippen molar-refractivity contribution < 1.29 is 14.7 Å². The van der Waals surface area contributed by atoms with Crippen LogP contribution in [0.5, 0.6) is 0 Å². The third-order valence-electron chi connectivity index (χ3n) is 1.60. The summed E-state index contributed by atoms with van der Waals surface area (Å²) in [7, 11) is 0. The molecule has 0 aromatic heterocycles. The van der Waals surface area contributed by atoms with Gasteiger partial charge in [-0.3, -0.25) is 4.79 Å². The molecule has 88 valence electrons. The minimum absolute atomic E-state index is 0.0960. The van der Waals surface area contributed by atoms with Gasteiger partial charge >= 0.3 is 5.97 Å². The van der Waals surface area contributed by atoms with Gasteiger partial charge in [0.25, 0.3) is 0 Å². The topological polar surface area (TPSA) is 54.4 Å². The molecule has 3 heteroatoms. The van der Waals surface area contributed by atoms with Crippen LogP contribution in [0, 0.1) is 12.8 Å². The molecule has 1 aliphatic rings. The first kappa shape index (κ1) is 16.6. The number of unbranched alkanes of at least 4 members (excludes halogenated alkanes) is 1. The number of aliphatic carboxylic acids is 1. The third kappa shape index (κ3) is 18.1. The van der Waals surface area contributed by atoms with Crippen molar-refractivity contribution in [3.63, 3.8) is 0 Å². The molecule has 1 N–H and O–H groups in total. The molecule has 0 spiro atoms. The molecule has 0 radical (unpaired) electrons. The number of hydrogen-bond acceptors (Lipinski definition) is 2. The lowest BCUT2D eigenvalue weighted by Crippen LogP contribution is -1.93. The highest BCUT2D eigenvalue weighted by atomic mass is 16.4. The van der Waals surface area contributed by atoms with Crippen LogP contribution in [0.3, 0.4) is 0 Å². The predicted molar refractivity (Wildman–Crippen MR) is 65.0 cm³/mol. The highest BCUT2D eigenvalue weighted by molar-refractivity contribution is 5.67. The minimum atomic E-state index is -0.841. The SMILES string of the molecule is C#C.C1=CCCC=C1.O=CCCCC(=O)O. The van der Waals surface area contributed by atoms with Crippen LogP contribution in [0.25, 0.3) is 0 Å². The van der Waals surface area contributed by atoms with Crippen LogP contribution in [0.15, 0.2) is 24.3 Å². The van der Waals surface area contributed by atoms with Crippen LogP contribution in [0.4, 0.5) is 0 Å². The molecule has 0 saturated carbocycles. The summed E-state index contributed by atoms with van der Waals surface area (Å²) < 4.78 is 0. The van der Waals surface area contributed by atoms with Crippen LogP contribution in [0.2, 0.25) is 0 Å². The van der Waals surface area contributed by atoms with Crippen molar-refractivity contribution in [3.05, 3.63) is 24.3 Å². The molecule has 0 atom stereocenters. The van der Waals surface area contributed by atoms with Crippen molar-refractivity contribution in [3.8, 4) is 12.8 Å². The van der Waals surface area contributed by atoms with Crippen LogP contribution in [-0.2, 0) is 9.59 Å². The lowest BCUT2D eigenvalue weighted by atomic mass is 10.2. The smallest absolute Gasteiger partial charge is 0.303 e. The van der Waals surface area contributed by atoms with E-state index in [1.54, 1.807) is 0 Å². The highest BCUT2D eigenvalue weighted by Crippen LogP contribution is 1.98. The number of aldehydes is 1. The Labute approximate surface area is 96.9 Å². The quantitative estimate of drug-likeness (QED) is 0.452. The van der Waals surface area contributed by atoms with E-state index in [0.717, 1.165) is 6.29 Å². The van der Waals surface area contributed by atoms with Crippen molar-refractivity contribution in [2.75, 3.05) is 0 Å². The van der Waals surface area contributed by atoms with E-state index in [4.69, 9.17) is 5.11 Å². The van der Waals surface area contributed by atoms with Gasteiger partial charge < -0.3 is 9.90 Å². The highest BCUT2D eigenvalue weighted by Gasteiger charge is 1.93. The Morgan fingerprint density at radius 3 is 2.00 bits per heavy atom. The molecule has 3 nitrogen and oxygen atoms in total. The van der Waals surface area contributed by atoms with Gasteiger partial charge in [0.15, 0.2) is 0 Å². The van der Waals surface area contributed by atoms with Gasteiger partial charge in [-0.2, -0.15) is 0 Å². The summed E-state index contributed by atoms with van der Waals surface area (Å²) in [5, 5.41) is 8.02. The molecule has 0 amide bonds. The Bertz CT molecular complexity index is 237. The predicted octanol–water partition coefficient (Wildman–Crippen LogP) is 2.58. The molecule has 0 saturated heterocycles. The molecule has 0 heterocycles. The van der Waals surface area contributed by atoms with E-state index in [9.17, 15) is 9.59 Å². The van der Waals surface area contributed by atoms with Crippen molar-refractivity contribution in [1.29, 1.82) is 0 Å². The fourth-order valence-electron chi connectivity index (χ4n) is 0.879. The lowest BCUT2D eigenvalue weighted by Gasteiger charge is -1.88. The van der Waals surface area contributed by atoms with Crippen LogP contribution in [-0.4, -0.2) is 17.4 Å². The largest absolute Gasteiger partial charge is 0.481 e. The zero-order valence-electron chi connectivity index (χ0n) is 9.34. The summed E-state index contributed by atoms with van der Waals surface area (Å²) >= 11 is 0. The Hall–Kier alpha value is -1.82. The van der Waals surface area contributed by atoms with Crippen molar-refractivity contribution >= 4 is 12.3 Å². The molecule has 0 bridgehead atoms. The third-order valence-corrected chi connectivity index (χ3v) is 1.60. The number of hydrogen-bond donors (Lipinski definition) is 1. The second kappa shape index (κ2) is 15.6. The molecule has 0 aromatic rings. The van der Waals surface area contributed by atoms with Crippen LogP contribution < -0.4 is 0 Å². The molecule has 0 aliphatic heterocycles. The van der Waals surface area contributed by atoms with Crippen molar-refractivity contribution in [2.45, 2.75) is 32.1 Å². The summed E-state index contributed by atoms with van der Waals surface area (Å²) in [4.78, 5) is 19.4. The van der Waals surface area contributed by atoms with Gasteiger partial charge in [-0.1, -0.05) is 24.3 Å². The van der Waals surface area contributed by atoms with Gasteiger partial charge in [0.05, 0.1) is 0 Å². The van der Waals surface area contributed by atoms with Crippen LogP contribution >= 0.6 is 0 Å². The molecule has 0 aromatic carbocycles. The zero-order chi connectivity index (χ0) is 12.6. The molecule has 0 unspecified atom stereocenters. The average Bonchev–Trinajstić information content (AvgIpc) is 2.35. The Morgan fingerprint density at radius 1 is 1.25 bits per heavy atom. The van der Waals surface area contributed by atoms with Gasteiger partial charge in [-0.25, -0.2) is 0 Å². The van der Waals surface area contributed by atoms with Gasteiger partial charge in [-0.05, 0) is 19.3 Å². The summed E-state index contributed by atoms with van der Waals surface area (Å²) in [5.74, 6) is -0.841. The van der Waals surface area contributed by atoms with E-state index in [0.29, 0.717) is 12.8 Å². The molecule has 1 rings (SSSR count). The van der Waals surface area contributed by atoms with E-state index < -0.39 is 5.97 Å². The number of rotatable bonds is 4. The lowest BCUT2D eigenvalue weighted by molar-refractivity contribution is -0.137. The first-order chi connectivity index (χ1) is 7.77. The van der Waals surface area contributed by atoms with Gasteiger partial charge in [0.1, 0.15) is 6.29 Å². The van der Waals surface area contributed by atoms with Crippen molar-refractivity contribution in [1.82, 2.24) is 0 Å². The summed E-state index contributed by atoms with van der Waals surface area (Å²) in [6.07, 6.45) is 20.6. The van der Waals surface area contributed by atoms with Gasteiger partial charge in [0, 0.05) is 12.8 Å². The average molecular weight is 222 g/mol. The number of carboxylic acids is 1. The Kier molecular flexibility index (Phi) is 16.2. The second-order valence-corrected chi connectivity index (χ2v) is 2.89. The number of carboxylic acid groups (broad SMARTS) is 1. The maximum atomic E-state index is 9.76. The fraction of sp³-hybridized carbons (Fsp3) is 0.385. The van der Waals surface area contributed by atoms with Gasteiger partial charge in [-0.15, -0.1) is 12.8 Å². The molecule has 1 aliphatic carbocycles. The zero-order valence-corrected chi connectivity index (χ0v) is 9.34. The number of carbonyl (C=O) groups excluding carboxylic acids is 1. The Morgan fingerprint density at radius 2 is 1.75 bits per heavy atom. The maximum Gasteiger partial charge on any atom is 0.303 e. The standard InChI is InChI=1S/C6H8.C5H8O3.C2H2/c1-2-4-6-5-3-1;6-4-2-1-3-5(7)8;1-2/h1-4H,5-6H2;4H,1-3H2,(H,7,8);1-2H. The van der Waals surface area contributed by atoms with E-state index in [1.807, 2.05) is 0 Å².